The van der Waals surface area contributed by atoms with E-state index in [0.717, 1.165) is 64.5 Å². The average Bonchev–Trinajstić information content (AvgIpc) is 2.84. The summed E-state index contributed by atoms with van der Waals surface area (Å²) in [6.45, 7) is 4.40. The predicted molar refractivity (Wildman–Crippen MR) is 143 cm³/mol. The third-order valence-electron chi connectivity index (χ3n) is 5.92. The highest BCUT2D eigenvalue weighted by Crippen LogP contribution is 2.27. The van der Waals surface area contributed by atoms with E-state index >= 15 is 0 Å². The van der Waals surface area contributed by atoms with Gasteiger partial charge in [0.1, 0.15) is 0 Å². The first-order chi connectivity index (χ1) is 15.3. The van der Waals surface area contributed by atoms with Crippen molar-refractivity contribution in [3.8, 4) is 0 Å². The number of nitrogens with zero attached hydrogens (tertiary/aromatic N) is 2. The lowest BCUT2D eigenvalue weighted by atomic mass is 9.88. The number of ether oxygens (including phenoxy) is 2. The second-order valence-corrected chi connectivity index (χ2v) is 8.04. The second kappa shape index (κ2) is 15.2. The Kier molecular flexibility index (Phi) is 12.7. The van der Waals surface area contributed by atoms with Crippen LogP contribution in [0.1, 0.15) is 42.7 Å². The molecule has 0 unspecified atom stereocenters. The molecule has 1 aliphatic heterocycles. The Labute approximate surface area is 210 Å². The van der Waals surface area contributed by atoms with E-state index in [4.69, 9.17) is 9.47 Å². The molecule has 0 spiro atoms. The van der Waals surface area contributed by atoms with Crippen molar-refractivity contribution < 1.29 is 9.47 Å². The number of rotatable bonds is 10. The van der Waals surface area contributed by atoms with Crippen molar-refractivity contribution in [1.82, 2.24) is 10.2 Å². The van der Waals surface area contributed by atoms with E-state index in [0.29, 0.717) is 12.0 Å². The molecule has 2 aromatic carbocycles. The van der Waals surface area contributed by atoms with Crippen molar-refractivity contribution in [3.05, 3.63) is 71.8 Å². The number of guanidine groups is 1. The van der Waals surface area contributed by atoms with Gasteiger partial charge in [-0.1, -0.05) is 60.7 Å². The fraction of sp³-hybridized carbons (Fsp3) is 0.500. The zero-order valence-electron chi connectivity index (χ0n) is 19.4. The summed E-state index contributed by atoms with van der Waals surface area (Å²) < 4.78 is 11.1. The molecular weight excluding hydrogens is 513 g/mol. The van der Waals surface area contributed by atoms with E-state index in [1.165, 1.54) is 11.1 Å². The van der Waals surface area contributed by atoms with E-state index in [2.05, 4.69) is 75.9 Å². The fourth-order valence-corrected chi connectivity index (χ4v) is 4.24. The lowest BCUT2D eigenvalue weighted by Gasteiger charge is -2.34. The van der Waals surface area contributed by atoms with E-state index in [1.54, 1.807) is 7.11 Å². The van der Waals surface area contributed by atoms with E-state index in [1.807, 2.05) is 7.05 Å². The lowest BCUT2D eigenvalue weighted by Crippen LogP contribution is -2.47. The number of hydrogen-bond donors (Lipinski definition) is 1. The molecule has 1 saturated heterocycles. The maximum absolute atomic E-state index is 5.99. The van der Waals surface area contributed by atoms with Gasteiger partial charge in [0.25, 0.3) is 0 Å². The number of halogens is 1. The first kappa shape index (κ1) is 26.6. The molecule has 1 aliphatic rings. The van der Waals surface area contributed by atoms with Crippen LogP contribution in [-0.4, -0.2) is 64.0 Å². The van der Waals surface area contributed by atoms with Crippen molar-refractivity contribution in [3.63, 3.8) is 0 Å². The summed E-state index contributed by atoms with van der Waals surface area (Å²) in [6, 6.07) is 21.6. The van der Waals surface area contributed by atoms with E-state index < -0.39 is 0 Å². The minimum atomic E-state index is 0. The molecule has 0 radical (unpaired) electrons. The van der Waals surface area contributed by atoms with Crippen LogP contribution in [0.15, 0.2) is 65.7 Å². The third kappa shape index (κ3) is 8.37. The molecule has 0 amide bonds. The summed E-state index contributed by atoms with van der Waals surface area (Å²) >= 11 is 0. The van der Waals surface area contributed by atoms with Crippen LogP contribution >= 0.6 is 24.0 Å². The van der Waals surface area contributed by atoms with E-state index in [-0.39, 0.29) is 24.0 Å². The molecule has 5 nitrogen and oxygen atoms in total. The van der Waals surface area contributed by atoms with Crippen molar-refractivity contribution in [2.45, 2.75) is 37.7 Å². The number of hydrogen-bond acceptors (Lipinski definition) is 3. The molecule has 3 rings (SSSR count). The molecule has 0 saturated carbocycles. The second-order valence-electron chi connectivity index (χ2n) is 8.04. The van der Waals surface area contributed by atoms with Gasteiger partial charge in [-0.25, -0.2) is 0 Å². The average molecular weight is 552 g/mol. The summed E-state index contributed by atoms with van der Waals surface area (Å²) in [4.78, 5) is 6.90. The van der Waals surface area contributed by atoms with Crippen LogP contribution in [0.3, 0.4) is 0 Å². The lowest BCUT2D eigenvalue weighted by molar-refractivity contribution is 0.00991. The highest BCUT2D eigenvalue weighted by molar-refractivity contribution is 14.0. The van der Waals surface area contributed by atoms with Gasteiger partial charge >= 0.3 is 0 Å². The molecule has 0 bridgehead atoms. The molecule has 0 atom stereocenters. The van der Waals surface area contributed by atoms with Gasteiger partial charge in [-0.3, -0.25) is 4.99 Å². The Morgan fingerprint density at radius 3 is 2.12 bits per heavy atom. The molecule has 1 N–H and O–H groups in total. The summed E-state index contributed by atoms with van der Waals surface area (Å²) in [6.07, 6.45) is 4.43. The summed E-state index contributed by atoms with van der Waals surface area (Å²) in [7, 11) is 3.61. The minimum Gasteiger partial charge on any atom is -0.385 e. The Morgan fingerprint density at radius 2 is 1.59 bits per heavy atom. The Bertz CT molecular complexity index is 726. The Morgan fingerprint density at radius 1 is 1.00 bits per heavy atom. The predicted octanol–water partition coefficient (Wildman–Crippen LogP) is 4.92. The van der Waals surface area contributed by atoms with Crippen molar-refractivity contribution >= 4 is 29.9 Å². The molecule has 0 aliphatic carbocycles. The molecular formula is C26H38IN3O2. The summed E-state index contributed by atoms with van der Waals surface area (Å²) in [5.41, 5.74) is 2.72. The Hall–Kier alpha value is -1.64. The number of benzene rings is 2. The van der Waals surface area contributed by atoms with Crippen LogP contribution in [0.25, 0.3) is 0 Å². The van der Waals surface area contributed by atoms with Crippen molar-refractivity contribution in [2.24, 2.45) is 4.99 Å². The highest BCUT2D eigenvalue weighted by atomic mass is 127. The van der Waals surface area contributed by atoms with Gasteiger partial charge in [0.15, 0.2) is 5.96 Å². The molecule has 6 heteroatoms. The van der Waals surface area contributed by atoms with Gasteiger partial charge in [0, 0.05) is 52.9 Å². The standard InChI is InChI=1S/C26H37N3O2.HI/c1-27-26(29-18-15-24(16-19-29)31-21-9-20-30-2)28-17-14-25(22-10-5-3-6-11-22)23-12-7-4-8-13-23;/h3-8,10-13,24-25H,9,14-21H2,1-2H3,(H,27,28);1H. The largest absolute Gasteiger partial charge is 0.385 e. The van der Waals surface area contributed by atoms with Gasteiger partial charge in [-0.15, -0.1) is 24.0 Å². The topological polar surface area (TPSA) is 46.1 Å². The minimum absolute atomic E-state index is 0. The number of nitrogens with one attached hydrogen (secondary N) is 1. The normalized spacial score (nSPS) is 15.0. The summed E-state index contributed by atoms with van der Waals surface area (Å²) in [5.74, 6) is 1.37. The van der Waals surface area contributed by atoms with Crippen molar-refractivity contribution in [1.29, 1.82) is 0 Å². The van der Waals surface area contributed by atoms with Crippen LogP contribution in [0.4, 0.5) is 0 Å². The number of methoxy groups -OCH3 is 1. The number of likely N-dealkylation sites (tertiary alicyclic amines) is 1. The SMILES string of the molecule is CN=C(NCCC(c1ccccc1)c1ccccc1)N1CCC(OCCCOC)CC1.I. The maximum Gasteiger partial charge on any atom is 0.193 e. The molecule has 2 aromatic rings. The molecule has 32 heavy (non-hydrogen) atoms. The van der Waals surface area contributed by atoms with E-state index in [9.17, 15) is 0 Å². The van der Waals surface area contributed by atoms with Crippen LogP contribution in [0.2, 0.25) is 0 Å². The zero-order valence-corrected chi connectivity index (χ0v) is 21.7. The van der Waals surface area contributed by atoms with Crippen molar-refractivity contribution in [2.75, 3.05) is 47.0 Å². The molecule has 0 aromatic heterocycles. The molecule has 1 fully saturated rings. The first-order valence-electron chi connectivity index (χ1n) is 11.5. The molecule has 176 valence electrons. The first-order valence-corrected chi connectivity index (χ1v) is 11.5. The smallest absolute Gasteiger partial charge is 0.193 e. The Balaban J connectivity index is 0.00000363. The van der Waals surface area contributed by atoms with Crippen LogP contribution in [0.5, 0.6) is 0 Å². The third-order valence-corrected chi connectivity index (χ3v) is 5.92. The maximum atomic E-state index is 5.99. The van der Waals surface area contributed by atoms with Gasteiger partial charge in [0.05, 0.1) is 6.10 Å². The number of piperidine rings is 1. The quantitative estimate of drug-likeness (QED) is 0.197. The zero-order chi connectivity index (χ0) is 21.7. The number of aliphatic imine (C=N–C) groups is 1. The fourth-order valence-electron chi connectivity index (χ4n) is 4.24. The van der Waals surface area contributed by atoms with Gasteiger partial charge in [-0.2, -0.15) is 0 Å². The van der Waals surface area contributed by atoms with Crippen LogP contribution < -0.4 is 5.32 Å². The van der Waals surface area contributed by atoms with Gasteiger partial charge in [-0.05, 0) is 36.8 Å². The van der Waals surface area contributed by atoms with Crippen LogP contribution in [-0.2, 0) is 9.47 Å². The van der Waals surface area contributed by atoms with Gasteiger partial charge in [0.2, 0.25) is 0 Å². The van der Waals surface area contributed by atoms with Gasteiger partial charge < -0.3 is 19.7 Å². The van der Waals surface area contributed by atoms with Crippen LogP contribution in [0, 0.1) is 0 Å². The monoisotopic (exact) mass is 551 g/mol. The molecule has 1 heterocycles. The summed E-state index contributed by atoms with van der Waals surface area (Å²) in [5, 5.41) is 3.60. The highest BCUT2D eigenvalue weighted by Gasteiger charge is 2.22.